The van der Waals surface area contributed by atoms with Gasteiger partial charge in [-0.3, -0.25) is 14.2 Å². The van der Waals surface area contributed by atoms with E-state index in [0.29, 0.717) is 12.8 Å². The van der Waals surface area contributed by atoms with Crippen LogP contribution in [0.4, 0.5) is 13.2 Å². The molecule has 5 rings (SSSR count). The summed E-state index contributed by atoms with van der Waals surface area (Å²) < 4.78 is 47.1. The van der Waals surface area contributed by atoms with Crippen LogP contribution in [0.25, 0.3) is 0 Å². The lowest BCUT2D eigenvalue weighted by Gasteiger charge is -2.67. The molecule has 4 fully saturated rings. The Labute approximate surface area is 130 Å². The second-order valence-corrected chi connectivity index (χ2v) is 7.10. The second-order valence-electron chi connectivity index (χ2n) is 7.10. The second kappa shape index (κ2) is 4.49. The van der Waals surface area contributed by atoms with Crippen molar-refractivity contribution < 1.29 is 27.4 Å². The van der Waals surface area contributed by atoms with Gasteiger partial charge in [-0.05, 0) is 43.6 Å². The summed E-state index contributed by atoms with van der Waals surface area (Å²) in [5.41, 5.74) is 0.518. The molecule has 0 saturated heterocycles. The Morgan fingerprint density at radius 2 is 2.00 bits per heavy atom. The maximum absolute atomic E-state index is 12.1. The number of carbonyl (C=O) groups is 1. The third-order valence-electron chi connectivity index (χ3n) is 5.58. The van der Waals surface area contributed by atoms with Gasteiger partial charge in [0.2, 0.25) is 0 Å². The van der Waals surface area contributed by atoms with Gasteiger partial charge < -0.3 is 4.74 Å². The molecule has 0 aliphatic heterocycles. The molecule has 4 saturated carbocycles. The molecule has 2 bridgehead atoms. The van der Waals surface area contributed by atoms with Crippen LogP contribution in [0.5, 0.6) is 0 Å². The fourth-order valence-corrected chi connectivity index (χ4v) is 4.34. The molecular formula is C15H17F3N2O3. The number of nitrogens with zero attached hydrogens (tertiary/aromatic N) is 2. The third kappa shape index (κ3) is 2.18. The molecule has 5 nitrogen and oxygen atoms in total. The molecule has 126 valence electrons. The van der Waals surface area contributed by atoms with E-state index >= 15 is 0 Å². The summed E-state index contributed by atoms with van der Waals surface area (Å²) in [6.45, 7) is 0. The monoisotopic (exact) mass is 330 g/mol. The van der Waals surface area contributed by atoms with Crippen LogP contribution in [-0.2, 0) is 19.8 Å². The summed E-state index contributed by atoms with van der Waals surface area (Å²) in [7, 11) is 1.40. The standard InChI is InChI=1S/C15H17F3N2O3/c1-22-12(21)13-6-14(7-13,8-13)20-5-10(4-19-20)9-2-11(3-9)23-15(16,17)18/h4-5,9,11H,2-3,6-8H2,1H3/t9-,11+,13?,14?. The SMILES string of the molecule is COC(=O)C12CC(n3cc([C@H]4C[C@@H](OC(F)(F)F)C4)cn3)(C1)C2. The lowest BCUT2D eigenvalue weighted by Crippen LogP contribution is -2.71. The lowest BCUT2D eigenvalue weighted by atomic mass is 9.39. The van der Waals surface area contributed by atoms with E-state index in [2.05, 4.69) is 9.84 Å². The molecular weight excluding hydrogens is 313 g/mol. The van der Waals surface area contributed by atoms with Gasteiger partial charge >= 0.3 is 12.3 Å². The molecule has 8 heteroatoms. The van der Waals surface area contributed by atoms with Crippen LogP contribution in [0.3, 0.4) is 0 Å². The maximum atomic E-state index is 12.1. The van der Waals surface area contributed by atoms with Crippen LogP contribution >= 0.6 is 0 Å². The van der Waals surface area contributed by atoms with Crippen molar-refractivity contribution in [2.75, 3.05) is 7.11 Å². The Morgan fingerprint density at radius 1 is 1.35 bits per heavy atom. The summed E-state index contributed by atoms with van der Waals surface area (Å²) in [6.07, 6.45) is 1.26. The smallest absolute Gasteiger partial charge is 0.469 e. The molecule has 0 atom stereocenters. The average molecular weight is 330 g/mol. The van der Waals surface area contributed by atoms with Crippen molar-refractivity contribution in [3.05, 3.63) is 18.0 Å². The van der Waals surface area contributed by atoms with Gasteiger partial charge in [-0.25, -0.2) is 0 Å². The van der Waals surface area contributed by atoms with E-state index in [-0.39, 0.29) is 22.8 Å². The highest BCUT2D eigenvalue weighted by Gasteiger charge is 2.74. The number of esters is 1. The van der Waals surface area contributed by atoms with Gasteiger partial charge in [0.1, 0.15) is 0 Å². The molecule has 1 aromatic rings. The highest BCUT2D eigenvalue weighted by atomic mass is 19.4. The van der Waals surface area contributed by atoms with E-state index in [4.69, 9.17) is 4.74 Å². The number of halogens is 3. The molecule has 4 aliphatic rings. The molecule has 0 unspecified atom stereocenters. The molecule has 0 radical (unpaired) electrons. The molecule has 0 aromatic carbocycles. The number of rotatable bonds is 4. The first kappa shape index (κ1) is 15.0. The minimum Gasteiger partial charge on any atom is -0.469 e. The van der Waals surface area contributed by atoms with Crippen LogP contribution in [0.15, 0.2) is 12.4 Å². The maximum Gasteiger partial charge on any atom is 0.522 e. The number of hydrogen-bond donors (Lipinski definition) is 0. The Hall–Kier alpha value is -1.57. The summed E-state index contributed by atoms with van der Waals surface area (Å²) in [5.74, 6) is -0.0871. The predicted molar refractivity (Wildman–Crippen MR) is 71.4 cm³/mol. The van der Waals surface area contributed by atoms with E-state index in [9.17, 15) is 18.0 Å². The van der Waals surface area contributed by atoms with Crippen LogP contribution < -0.4 is 0 Å². The zero-order valence-corrected chi connectivity index (χ0v) is 12.6. The van der Waals surface area contributed by atoms with Crippen molar-refractivity contribution in [2.24, 2.45) is 5.41 Å². The first-order chi connectivity index (χ1) is 10.8. The number of hydrogen-bond acceptors (Lipinski definition) is 4. The largest absolute Gasteiger partial charge is 0.522 e. The van der Waals surface area contributed by atoms with Crippen molar-refractivity contribution in [3.8, 4) is 0 Å². The Kier molecular flexibility index (Phi) is 2.93. The van der Waals surface area contributed by atoms with E-state index < -0.39 is 12.5 Å². The van der Waals surface area contributed by atoms with Gasteiger partial charge in [-0.15, -0.1) is 13.2 Å². The fourth-order valence-electron chi connectivity index (χ4n) is 4.34. The van der Waals surface area contributed by atoms with E-state index in [0.717, 1.165) is 24.8 Å². The molecule has 23 heavy (non-hydrogen) atoms. The summed E-state index contributed by atoms with van der Waals surface area (Å²) in [4.78, 5) is 11.7. The third-order valence-corrected chi connectivity index (χ3v) is 5.58. The number of ether oxygens (including phenoxy) is 2. The Bertz CT molecular complexity index is 629. The van der Waals surface area contributed by atoms with Crippen molar-refractivity contribution in [1.82, 2.24) is 9.78 Å². The normalized spacial score (nSPS) is 38.3. The Morgan fingerprint density at radius 3 is 2.57 bits per heavy atom. The topological polar surface area (TPSA) is 53.4 Å². The van der Waals surface area contributed by atoms with Gasteiger partial charge in [0, 0.05) is 6.20 Å². The quantitative estimate of drug-likeness (QED) is 0.797. The first-order valence-corrected chi connectivity index (χ1v) is 7.63. The number of aromatic nitrogens is 2. The van der Waals surface area contributed by atoms with Crippen molar-refractivity contribution >= 4 is 5.97 Å². The Balaban J connectivity index is 1.35. The van der Waals surface area contributed by atoms with Gasteiger partial charge in [-0.1, -0.05) is 0 Å². The van der Waals surface area contributed by atoms with E-state index in [1.54, 1.807) is 6.20 Å². The number of methoxy groups -OCH3 is 1. The summed E-state index contributed by atoms with van der Waals surface area (Å²) in [6, 6.07) is 0. The van der Waals surface area contributed by atoms with Crippen LogP contribution in [-0.4, -0.2) is 35.3 Å². The fraction of sp³-hybridized carbons (Fsp3) is 0.733. The summed E-state index contributed by atoms with van der Waals surface area (Å²) >= 11 is 0. The van der Waals surface area contributed by atoms with E-state index in [1.165, 1.54) is 7.11 Å². The van der Waals surface area contributed by atoms with Crippen LogP contribution in [0.2, 0.25) is 0 Å². The molecule has 0 spiro atoms. The number of carbonyl (C=O) groups excluding carboxylic acids is 1. The number of alkyl halides is 3. The van der Waals surface area contributed by atoms with Gasteiger partial charge in [0.15, 0.2) is 0 Å². The molecule has 0 amide bonds. The average Bonchev–Trinajstić information content (AvgIpc) is 2.77. The lowest BCUT2D eigenvalue weighted by molar-refractivity contribution is -0.351. The highest BCUT2D eigenvalue weighted by Crippen LogP contribution is 2.71. The zero-order valence-electron chi connectivity index (χ0n) is 12.6. The van der Waals surface area contributed by atoms with Crippen LogP contribution in [0.1, 0.15) is 43.6 Å². The van der Waals surface area contributed by atoms with Gasteiger partial charge in [0.05, 0.1) is 30.4 Å². The summed E-state index contributed by atoms with van der Waals surface area (Å²) in [5, 5.41) is 4.37. The predicted octanol–water partition coefficient (Wildman–Crippen LogP) is 2.72. The van der Waals surface area contributed by atoms with Crippen molar-refractivity contribution in [3.63, 3.8) is 0 Å². The first-order valence-electron chi connectivity index (χ1n) is 7.63. The highest BCUT2D eigenvalue weighted by molar-refractivity contribution is 5.81. The molecule has 4 aliphatic carbocycles. The minimum atomic E-state index is -4.56. The van der Waals surface area contributed by atoms with Crippen LogP contribution in [0, 0.1) is 5.41 Å². The van der Waals surface area contributed by atoms with Gasteiger partial charge in [0.25, 0.3) is 0 Å². The van der Waals surface area contributed by atoms with E-state index in [1.807, 2.05) is 10.9 Å². The van der Waals surface area contributed by atoms with Crippen molar-refractivity contribution in [2.45, 2.75) is 56.0 Å². The zero-order chi connectivity index (χ0) is 16.5. The molecule has 1 aromatic heterocycles. The minimum absolute atomic E-state index is 0.0676. The van der Waals surface area contributed by atoms with Gasteiger partial charge in [-0.2, -0.15) is 5.10 Å². The molecule has 1 heterocycles. The molecule has 0 N–H and O–H groups in total. The van der Waals surface area contributed by atoms with Crippen molar-refractivity contribution in [1.29, 1.82) is 0 Å².